The summed E-state index contributed by atoms with van der Waals surface area (Å²) in [5.41, 5.74) is 3.02. The summed E-state index contributed by atoms with van der Waals surface area (Å²) >= 11 is 6.34. The maximum Gasteiger partial charge on any atom is 0.252 e. The van der Waals surface area contributed by atoms with Gasteiger partial charge in [-0.05, 0) is 31.0 Å². The zero-order chi connectivity index (χ0) is 17.2. The second kappa shape index (κ2) is 6.85. The Hall–Kier alpha value is -2.39. The number of carbonyl (C=O) groups is 1. The molecule has 4 heteroatoms. The molecule has 0 atom stereocenters. The van der Waals surface area contributed by atoms with Crippen LogP contribution in [0, 0.1) is 0 Å². The maximum atomic E-state index is 12.9. The number of para-hydroxylation sites is 1. The summed E-state index contributed by atoms with van der Waals surface area (Å²) in [5, 5.41) is 4.68. The first-order chi connectivity index (χ1) is 12.2. The molecule has 2 aromatic carbocycles. The van der Waals surface area contributed by atoms with Gasteiger partial charge < -0.3 is 5.32 Å². The molecule has 3 nitrogen and oxygen atoms in total. The van der Waals surface area contributed by atoms with E-state index in [1.807, 2.05) is 54.6 Å². The number of pyridine rings is 1. The highest BCUT2D eigenvalue weighted by Gasteiger charge is 2.20. The quantitative estimate of drug-likeness (QED) is 0.703. The van der Waals surface area contributed by atoms with E-state index in [4.69, 9.17) is 16.6 Å². The number of aromatic nitrogens is 1. The molecule has 1 aliphatic carbocycles. The van der Waals surface area contributed by atoms with E-state index in [9.17, 15) is 4.79 Å². The minimum absolute atomic E-state index is 0.0289. The van der Waals surface area contributed by atoms with Crippen molar-refractivity contribution in [1.29, 1.82) is 0 Å². The predicted octanol–water partition coefficient (Wildman–Crippen LogP) is 5.23. The topological polar surface area (TPSA) is 42.0 Å². The number of fused-ring (bicyclic) bond motifs is 1. The van der Waals surface area contributed by atoms with Crippen molar-refractivity contribution >= 4 is 28.4 Å². The molecule has 1 heterocycles. The summed E-state index contributed by atoms with van der Waals surface area (Å²) in [5.74, 6) is -0.0289. The molecule has 0 saturated heterocycles. The summed E-state index contributed by atoms with van der Waals surface area (Å²) in [6.45, 7) is 0. The molecule has 0 radical (unpaired) electrons. The fourth-order valence-electron chi connectivity index (χ4n) is 3.50. The Morgan fingerprint density at radius 3 is 2.56 bits per heavy atom. The van der Waals surface area contributed by atoms with Gasteiger partial charge in [-0.1, -0.05) is 60.8 Å². The summed E-state index contributed by atoms with van der Waals surface area (Å²) < 4.78 is 0. The Balaban J connectivity index is 1.81. The van der Waals surface area contributed by atoms with Crippen LogP contribution in [0.15, 0.2) is 54.6 Å². The average molecular weight is 351 g/mol. The third kappa shape index (κ3) is 3.24. The minimum Gasteiger partial charge on any atom is -0.349 e. The van der Waals surface area contributed by atoms with E-state index in [0.717, 1.165) is 35.0 Å². The van der Waals surface area contributed by atoms with Gasteiger partial charge in [0.05, 0.1) is 16.8 Å². The molecular formula is C21H19ClN2O. The molecule has 0 spiro atoms. The van der Waals surface area contributed by atoms with Crippen LogP contribution in [0.25, 0.3) is 22.2 Å². The summed E-state index contributed by atoms with van der Waals surface area (Å²) in [7, 11) is 0. The van der Waals surface area contributed by atoms with Crippen molar-refractivity contribution < 1.29 is 4.79 Å². The highest BCUT2D eigenvalue weighted by atomic mass is 35.5. The highest BCUT2D eigenvalue weighted by Crippen LogP contribution is 2.30. The lowest BCUT2D eigenvalue weighted by atomic mass is 10.0. The van der Waals surface area contributed by atoms with Gasteiger partial charge in [0.1, 0.15) is 0 Å². The molecule has 1 N–H and O–H groups in total. The zero-order valence-electron chi connectivity index (χ0n) is 13.8. The second-order valence-electron chi connectivity index (χ2n) is 6.51. The van der Waals surface area contributed by atoms with Gasteiger partial charge in [-0.25, -0.2) is 4.98 Å². The van der Waals surface area contributed by atoms with Gasteiger partial charge in [0.25, 0.3) is 5.91 Å². The Kier molecular flexibility index (Phi) is 4.41. The Labute approximate surface area is 152 Å². The molecule has 0 aliphatic heterocycles. The number of nitrogens with one attached hydrogen (secondary N) is 1. The van der Waals surface area contributed by atoms with E-state index in [0.29, 0.717) is 10.6 Å². The van der Waals surface area contributed by atoms with Crippen LogP contribution in [0.5, 0.6) is 0 Å². The van der Waals surface area contributed by atoms with Crippen LogP contribution in [-0.2, 0) is 0 Å². The molecule has 1 fully saturated rings. The van der Waals surface area contributed by atoms with Crippen molar-refractivity contribution in [2.75, 3.05) is 0 Å². The van der Waals surface area contributed by atoms with Crippen LogP contribution in [0.2, 0.25) is 5.02 Å². The first-order valence-corrected chi connectivity index (χ1v) is 9.06. The monoisotopic (exact) mass is 350 g/mol. The van der Waals surface area contributed by atoms with Gasteiger partial charge in [0.2, 0.25) is 0 Å². The molecular weight excluding hydrogens is 332 g/mol. The van der Waals surface area contributed by atoms with Crippen LogP contribution in [0.1, 0.15) is 36.0 Å². The number of rotatable bonds is 3. The van der Waals surface area contributed by atoms with Crippen LogP contribution in [-0.4, -0.2) is 16.9 Å². The molecule has 3 aromatic rings. The fraction of sp³-hybridized carbons (Fsp3) is 0.238. The van der Waals surface area contributed by atoms with Crippen LogP contribution < -0.4 is 5.32 Å². The third-order valence-corrected chi connectivity index (χ3v) is 5.13. The Bertz CT molecular complexity index is 932. The molecule has 126 valence electrons. The van der Waals surface area contributed by atoms with Gasteiger partial charge in [-0.3, -0.25) is 4.79 Å². The molecule has 1 amide bonds. The summed E-state index contributed by atoms with van der Waals surface area (Å²) in [6.07, 6.45) is 4.50. The van der Waals surface area contributed by atoms with Crippen molar-refractivity contribution in [3.8, 4) is 11.3 Å². The smallest absolute Gasteiger partial charge is 0.252 e. The van der Waals surface area contributed by atoms with Gasteiger partial charge in [-0.2, -0.15) is 0 Å². The lowest BCUT2D eigenvalue weighted by molar-refractivity contribution is 0.0939. The SMILES string of the molecule is O=C(NC1CCCC1)c1cc(-c2ccccc2Cl)nc2ccccc12. The lowest BCUT2D eigenvalue weighted by Gasteiger charge is -2.14. The molecule has 0 bridgehead atoms. The van der Waals surface area contributed by atoms with Gasteiger partial charge in [-0.15, -0.1) is 0 Å². The van der Waals surface area contributed by atoms with E-state index >= 15 is 0 Å². The molecule has 1 aliphatic rings. The first kappa shape index (κ1) is 16.1. The van der Waals surface area contributed by atoms with Crippen molar-refractivity contribution in [1.82, 2.24) is 10.3 Å². The second-order valence-corrected chi connectivity index (χ2v) is 6.91. The van der Waals surface area contributed by atoms with Crippen molar-refractivity contribution in [2.45, 2.75) is 31.7 Å². The summed E-state index contributed by atoms with van der Waals surface area (Å²) in [6, 6.07) is 17.5. The molecule has 25 heavy (non-hydrogen) atoms. The largest absolute Gasteiger partial charge is 0.349 e. The van der Waals surface area contributed by atoms with Gasteiger partial charge in [0.15, 0.2) is 0 Å². The van der Waals surface area contributed by atoms with Gasteiger partial charge >= 0.3 is 0 Å². The Morgan fingerprint density at radius 1 is 1.04 bits per heavy atom. The lowest BCUT2D eigenvalue weighted by Crippen LogP contribution is -2.32. The molecule has 0 unspecified atom stereocenters. The van der Waals surface area contributed by atoms with E-state index in [1.165, 1.54) is 12.8 Å². The number of hydrogen-bond donors (Lipinski definition) is 1. The summed E-state index contributed by atoms with van der Waals surface area (Å²) in [4.78, 5) is 17.6. The maximum absolute atomic E-state index is 12.9. The fourth-order valence-corrected chi connectivity index (χ4v) is 3.74. The van der Waals surface area contributed by atoms with Crippen LogP contribution in [0.4, 0.5) is 0 Å². The number of carbonyl (C=O) groups excluding carboxylic acids is 1. The number of hydrogen-bond acceptors (Lipinski definition) is 2. The first-order valence-electron chi connectivity index (χ1n) is 8.68. The van der Waals surface area contributed by atoms with Gasteiger partial charge in [0, 0.05) is 22.0 Å². The Morgan fingerprint density at radius 2 is 1.76 bits per heavy atom. The zero-order valence-corrected chi connectivity index (χ0v) is 14.6. The minimum atomic E-state index is -0.0289. The molecule has 4 rings (SSSR count). The van der Waals surface area contributed by atoms with Crippen LogP contribution >= 0.6 is 11.6 Å². The standard InChI is InChI=1S/C21H19ClN2O/c22-18-11-5-3-10-16(18)20-13-17(15-9-4-6-12-19(15)24-20)21(25)23-14-7-1-2-8-14/h3-6,9-14H,1-2,7-8H2,(H,23,25). The van der Waals surface area contributed by atoms with Crippen molar-refractivity contribution in [3.05, 3.63) is 65.2 Å². The van der Waals surface area contributed by atoms with E-state index in [-0.39, 0.29) is 11.9 Å². The van der Waals surface area contributed by atoms with Crippen molar-refractivity contribution in [3.63, 3.8) is 0 Å². The number of benzene rings is 2. The van der Waals surface area contributed by atoms with Crippen molar-refractivity contribution in [2.24, 2.45) is 0 Å². The number of nitrogens with zero attached hydrogens (tertiary/aromatic N) is 1. The molecule has 1 aromatic heterocycles. The normalized spacial score (nSPS) is 14.8. The number of halogens is 1. The van der Waals surface area contributed by atoms with E-state index in [2.05, 4.69) is 5.32 Å². The predicted molar refractivity (Wildman–Crippen MR) is 102 cm³/mol. The molecule has 1 saturated carbocycles. The van der Waals surface area contributed by atoms with Crippen LogP contribution in [0.3, 0.4) is 0 Å². The highest BCUT2D eigenvalue weighted by molar-refractivity contribution is 6.33. The number of amides is 1. The van der Waals surface area contributed by atoms with E-state index in [1.54, 1.807) is 0 Å². The third-order valence-electron chi connectivity index (χ3n) is 4.80. The average Bonchev–Trinajstić information content (AvgIpc) is 3.14. The van der Waals surface area contributed by atoms with E-state index < -0.39 is 0 Å².